The van der Waals surface area contributed by atoms with Crippen molar-refractivity contribution in [1.82, 2.24) is 10.3 Å². The number of pyridine rings is 1. The summed E-state index contributed by atoms with van der Waals surface area (Å²) in [5.74, 6) is -0.411. The van der Waals surface area contributed by atoms with Gasteiger partial charge in [-0.05, 0) is 30.4 Å². The van der Waals surface area contributed by atoms with E-state index in [0.717, 1.165) is 12.0 Å². The zero-order chi connectivity index (χ0) is 17.1. The third-order valence-electron chi connectivity index (χ3n) is 4.36. The Morgan fingerprint density at radius 2 is 1.96 bits per heavy atom. The first-order valence-corrected chi connectivity index (χ1v) is 8.22. The number of H-pyrrole nitrogens is 1. The van der Waals surface area contributed by atoms with Crippen LogP contribution in [0.4, 0.5) is 0 Å². The minimum absolute atomic E-state index is 0.00807. The second kappa shape index (κ2) is 6.83. The van der Waals surface area contributed by atoms with E-state index in [-0.39, 0.29) is 17.3 Å². The number of ketones is 1. The SMILES string of the molecule is CCCNC(=O)c1cc2c([nH]c1=O)CC(c1ccccc1)CC2=O. The molecule has 1 atom stereocenters. The van der Waals surface area contributed by atoms with Gasteiger partial charge >= 0.3 is 0 Å². The highest BCUT2D eigenvalue weighted by Gasteiger charge is 2.28. The molecule has 0 aliphatic heterocycles. The molecule has 1 amide bonds. The normalized spacial score (nSPS) is 16.5. The van der Waals surface area contributed by atoms with Crippen LogP contribution in [0.2, 0.25) is 0 Å². The summed E-state index contributed by atoms with van der Waals surface area (Å²) in [4.78, 5) is 39.5. The van der Waals surface area contributed by atoms with Gasteiger partial charge in [0.05, 0.1) is 0 Å². The lowest BCUT2D eigenvalue weighted by Gasteiger charge is -2.24. The van der Waals surface area contributed by atoms with Crippen molar-refractivity contribution < 1.29 is 9.59 Å². The maximum atomic E-state index is 12.5. The van der Waals surface area contributed by atoms with Crippen LogP contribution < -0.4 is 10.9 Å². The predicted octanol–water partition coefficient (Wildman–Crippen LogP) is 2.43. The average Bonchev–Trinajstić information content (AvgIpc) is 2.59. The van der Waals surface area contributed by atoms with Crippen LogP contribution in [0, 0.1) is 0 Å². The van der Waals surface area contributed by atoms with Gasteiger partial charge in [0.25, 0.3) is 11.5 Å². The molecule has 1 aromatic heterocycles. The molecule has 0 saturated heterocycles. The van der Waals surface area contributed by atoms with Crippen molar-refractivity contribution in [2.45, 2.75) is 32.1 Å². The number of carbonyl (C=O) groups excluding carboxylic acids is 2. The number of amides is 1. The average molecular weight is 324 g/mol. The number of aromatic nitrogens is 1. The Kier molecular flexibility index (Phi) is 4.60. The third kappa shape index (κ3) is 3.15. The molecule has 124 valence electrons. The van der Waals surface area contributed by atoms with E-state index in [9.17, 15) is 14.4 Å². The number of Topliss-reactive ketones (excluding diaryl/α,β-unsaturated/α-hetero) is 1. The molecule has 1 aliphatic rings. The summed E-state index contributed by atoms with van der Waals surface area (Å²) in [6.45, 7) is 2.43. The van der Waals surface area contributed by atoms with E-state index >= 15 is 0 Å². The van der Waals surface area contributed by atoms with Gasteiger partial charge in [0.2, 0.25) is 0 Å². The molecule has 5 nitrogen and oxygen atoms in total. The van der Waals surface area contributed by atoms with Crippen molar-refractivity contribution in [2.24, 2.45) is 0 Å². The van der Waals surface area contributed by atoms with Gasteiger partial charge in [-0.25, -0.2) is 0 Å². The molecule has 0 radical (unpaired) electrons. The van der Waals surface area contributed by atoms with Crippen molar-refractivity contribution in [3.05, 3.63) is 69.1 Å². The van der Waals surface area contributed by atoms with Gasteiger partial charge in [0.15, 0.2) is 5.78 Å². The molecule has 24 heavy (non-hydrogen) atoms. The molecule has 5 heteroatoms. The number of rotatable bonds is 4. The number of hydrogen-bond acceptors (Lipinski definition) is 3. The molecule has 3 rings (SSSR count). The van der Waals surface area contributed by atoms with E-state index in [0.29, 0.717) is 30.6 Å². The van der Waals surface area contributed by atoms with Crippen LogP contribution in [0.25, 0.3) is 0 Å². The Morgan fingerprint density at radius 1 is 1.21 bits per heavy atom. The van der Waals surface area contributed by atoms with Crippen molar-refractivity contribution in [3.8, 4) is 0 Å². The lowest BCUT2D eigenvalue weighted by Crippen LogP contribution is -2.33. The number of nitrogens with one attached hydrogen (secondary N) is 2. The number of fused-ring (bicyclic) bond motifs is 1. The van der Waals surface area contributed by atoms with Crippen molar-refractivity contribution in [1.29, 1.82) is 0 Å². The molecular weight excluding hydrogens is 304 g/mol. The van der Waals surface area contributed by atoms with Gasteiger partial charge in [-0.15, -0.1) is 0 Å². The van der Waals surface area contributed by atoms with Crippen molar-refractivity contribution in [3.63, 3.8) is 0 Å². The van der Waals surface area contributed by atoms with E-state index in [1.165, 1.54) is 6.07 Å². The van der Waals surface area contributed by atoms with Gasteiger partial charge in [-0.1, -0.05) is 37.3 Å². The highest BCUT2D eigenvalue weighted by atomic mass is 16.2. The summed E-state index contributed by atoms with van der Waals surface area (Å²) >= 11 is 0. The lowest BCUT2D eigenvalue weighted by atomic mass is 9.81. The quantitative estimate of drug-likeness (QED) is 0.906. The second-order valence-corrected chi connectivity index (χ2v) is 6.10. The molecule has 1 unspecified atom stereocenters. The molecule has 0 spiro atoms. The van der Waals surface area contributed by atoms with Gasteiger partial charge in [-0.2, -0.15) is 0 Å². The number of hydrogen-bond donors (Lipinski definition) is 2. The summed E-state index contributed by atoms with van der Waals surface area (Å²) in [6, 6.07) is 11.3. The summed E-state index contributed by atoms with van der Waals surface area (Å²) in [6.07, 6.45) is 1.77. The lowest BCUT2D eigenvalue weighted by molar-refractivity contribution is 0.0952. The summed E-state index contributed by atoms with van der Waals surface area (Å²) in [7, 11) is 0. The Labute approximate surface area is 140 Å². The Morgan fingerprint density at radius 3 is 2.67 bits per heavy atom. The first-order chi connectivity index (χ1) is 11.6. The van der Waals surface area contributed by atoms with Crippen LogP contribution in [0.1, 0.15) is 57.7 Å². The largest absolute Gasteiger partial charge is 0.352 e. The fourth-order valence-electron chi connectivity index (χ4n) is 3.09. The molecule has 0 bridgehead atoms. The van der Waals surface area contributed by atoms with E-state index in [1.807, 2.05) is 37.3 Å². The maximum Gasteiger partial charge on any atom is 0.261 e. The van der Waals surface area contributed by atoms with Crippen LogP contribution in [0.3, 0.4) is 0 Å². The van der Waals surface area contributed by atoms with Crippen LogP contribution in [-0.4, -0.2) is 23.2 Å². The van der Waals surface area contributed by atoms with E-state index in [2.05, 4.69) is 10.3 Å². The van der Waals surface area contributed by atoms with Gasteiger partial charge in [0, 0.05) is 24.2 Å². The Hall–Kier alpha value is -2.69. The van der Waals surface area contributed by atoms with Crippen LogP contribution in [-0.2, 0) is 6.42 Å². The minimum atomic E-state index is -0.441. The number of carbonyl (C=O) groups is 2. The summed E-state index contributed by atoms with van der Waals surface area (Å²) in [5, 5.41) is 2.68. The highest BCUT2D eigenvalue weighted by Crippen LogP contribution is 2.31. The zero-order valence-electron chi connectivity index (χ0n) is 13.6. The summed E-state index contributed by atoms with van der Waals surface area (Å²) in [5.41, 5.74) is 1.74. The first kappa shape index (κ1) is 16.2. The van der Waals surface area contributed by atoms with E-state index in [4.69, 9.17) is 0 Å². The van der Waals surface area contributed by atoms with Crippen LogP contribution >= 0.6 is 0 Å². The van der Waals surface area contributed by atoms with E-state index in [1.54, 1.807) is 0 Å². The number of benzene rings is 1. The monoisotopic (exact) mass is 324 g/mol. The molecule has 1 aromatic carbocycles. The van der Waals surface area contributed by atoms with Crippen LogP contribution in [0.15, 0.2) is 41.2 Å². The maximum absolute atomic E-state index is 12.5. The van der Waals surface area contributed by atoms with Gasteiger partial charge in [-0.3, -0.25) is 14.4 Å². The molecular formula is C19H20N2O3. The van der Waals surface area contributed by atoms with Gasteiger partial charge in [0.1, 0.15) is 5.56 Å². The fraction of sp³-hybridized carbons (Fsp3) is 0.316. The van der Waals surface area contributed by atoms with Crippen molar-refractivity contribution >= 4 is 11.7 Å². The first-order valence-electron chi connectivity index (χ1n) is 8.22. The number of aromatic amines is 1. The molecule has 0 saturated carbocycles. The van der Waals surface area contributed by atoms with Crippen LogP contribution in [0.5, 0.6) is 0 Å². The molecule has 2 N–H and O–H groups in total. The molecule has 1 aliphatic carbocycles. The fourth-order valence-corrected chi connectivity index (χ4v) is 3.09. The smallest absolute Gasteiger partial charge is 0.261 e. The Balaban J connectivity index is 1.92. The second-order valence-electron chi connectivity index (χ2n) is 6.10. The highest BCUT2D eigenvalue weighted by molar-refractivity contribution is 6.02. The predicted molar refractivity (Wildman–Crippen MR) is 91.5 cm³/mol. The minimum Gasteiger partial charge on any atom is -0.352 e. The topological polar surface area (TPSA) is 79.0 Å². The van der Waals surface area contributed by atoms with E-state index < -0.39 is 11.5 Å². The summed E-state index contributed by atoms with van der Waals surface area (Å²) < 4.78 is 0. The molecule has 1 heterocycles. The Bertz CT molecular complexity index is 824. The molecule has 2 aromatic rings. The third-order valence-corrected chi connectivity index (χ3v) is 4.36. The zero-order valence-corrected chi connectivity index (χ0v) is 13.6. The van der Waals surface area contributed by atoms with Crippen molar-refractivity contribution in [2.75, 3.05) is 6.54 Å². The van der Waals surface area contributed by atoms with Gasteiger partial charge < -0.3 is 10.3 Å². The standard InChI is InChI=1S/C19H20N2O3/c1-2-8-20-18(23)15-11-14-16(21-19(15)24)9-13(10-17(14)22)12-6-4-3-5-7-12/h3-7,11,13H,2,8-10H2,1H3,(H,20,23)(H,21,24). The molecule has 0 fully saturated rings.